The van der Waals surface area contributed by atoms with Gasteiger partial charge >= 0.3 is 27.8 Å². The fourth-order valence-electron chi connectivity index (χ4n) is 1.01. The Hall–Kier alpha value is -2.25. The molecule has 0 saturated heterocycles. The number of alkyl halides is 3. The second kappa shape index (κ2) is 7.97. The summed E-state index contributed by atoms with van der Waals surface area (Å²) in [5, 5.41) is 6.06. The number of carbonyl (C=O) groups is 2. The zero-order chi connectivity index (χ0) is 21.0. The number of hydrogen-bond donors (Lipinski definition) is 2. The first kappa shape index (κ1) is 23.8. The minimum Gasteiger partial charge on any atom is -0.444 e. The topological polar surface area (TPSA) is 132 Å². The molecule has 0 atom stereocenters. The van der Waals surface area contributed by atoms with Crippen LogP contribution in [0, 0.1) is 0 Å². The monoisotopic (exact) mass is 407 g/mol. The van der Waals surface area contributed by atoms with Crippen molar-refractivity contribution in [2.24, 2.45) is 5.16 Å². The van der Waals surface area contributed by atoms with Gasteiger partial charge in [0.1, 0.15) is 11.2 Å². The largest absolute Gasteiger partial charge is 0.536 e. The van der Waals surface area contributed by atoms with Crippen molar-refractivity contribution in [3.05, 3.63) is 0 Å². The van der Waals surface area contributed by atoms with Crippen molar-refractivity contribution in [1.82, 2.24) is 10.6 Å². The molecule has 0 unspecified atom stereocenters. The first-order valence-corrected chi connectivity index (χ1v) is 8.31. The van der Waals surface area contributed by atoms with E-state index in [0.29, 0.717) is 0 Å². The number of carbonyl (C=O) groups excluding carboxylic acids is 2. The van der Waals surface area contributed by atoms with Crippen molar-refractivity contribution in [3.8, 4) is 0 Å². The average molecular weight is 407 g/mol. The molecule has 0 aromatic carbocycles. The number of ether oxygens (including phenoxy) is 2. The van der Waals surface area contributed by atoms with Gasteiger partial charge in [0, 0.05) is 0 Å². The molecule has 2 N–H and O–H groups in total. The zero-order valence-electron chi connectivity index (χ0n) is 14.8. The maximum absolute atomic E-state index is 12.2. The number of oxime groups is 1. The highest BCUT2D eigenvalue weighted by atomic mass is 32.2. The van der Waals surface area contributed by atoms with E-state index in [1.165, 1.54) is 41.5 Å². The number of amides is 2. The molecule has 0 heterocycles. The number of nitrogens with one attached hydrogen (secondary N) is 2. The van der Waals surface area contributed by atoms with Crippen LogP contribution < -0.4 is 10.6 Å². The SMILES string of the molecule is CC(C)(C)OC(=O)NC(=NOS(=O)(=O)C(F)(F)F)NC(=O)OC(C)(C)C. The van der Waals surface area contributed by atoms with Gasteiger partial charge in [-0.1, -0.05) is 0 Å². The van der Waals surface area contributed by atoms with E-state index >= 15 is 0 Å². The molecule has 26 heavy (non-hydrogen) atoms. The molecule has 0 radical (unpaired) electrons. The molecule has 0 saturated carbocycles. The van der Waals surface area contributed by atoms with Gasteiger partial charge in [0.05, 0.1) is 0 Å². The van der Waals surface area contributed by atoms with Crippen LogP contribution in [0.15, 0.2) is 5.16 Å². The minimum atomic E-state index is -6.11. The van der Waals surface area contributed by atoms with Crippen LogP contribution in [0.25, 0.3) is 0 Å². The van der Waals surface area contributed by atoms with Crippen molar-refractivity contribution < 1.29 is 44.9 Å². The summed E-state index contributed by atoms with van der Waals surface area (Å²) in [5.41, 5.74) is -7.76. The predicted molar refractivity (Wildman–Crippen MR) is 82.2 cm³/mol. The second-order valence-electron chi connectivity index (χ2n) is 6.67. The zero-order valence-corrected chi connectivity index (χ0v) is 15.7. The molecule has 0 aromatic heterocycles. The molecule has 0 spiro atoms. The Labute approximate surface area is 148 Å². The maximum atomic E-state index is 12.2. The fourth-order valence-corrected chi connectivity index (χ4v) is 1.26. The highest BCUT2D eigenvalue weighted by Gasteiger charge is 2.49. The van der Waals surface area contributed by atoms with Crippen molar-refractivity contribution >= 4 is 28.3 Å². The summed E-state index contributed by atoms with van der Waals surface area (Å²) < 4.78 is 71.4. The van der Waals surface area contributed by atoms with E-state index in [4.69, 9.17) is 9.47 Å². The summed E-state index contributed by atoms with van der Waals surface area (Å²) in [6, 6.07) is 0. The lowest BCUT2D eigenvalue weighted by Crippen LogP contribution is -2.47. The first-order valence-electron chi connectivity index (χ1n) is 6.90. The molecule has 0 rings (SSSR count). The molecule has 0 aromatic rings. The highest BCUT2D eigenvalue weighted by molar-refractivity contribution is 7.87. The van der Waals surface area contributed by atoms with Gasteiger partial charge in [-0.15, -0.1) is 0 Å². The smallest absolute Gasteiger partial charge is 0.444 e. The van der Waals surface area contributed by atoms with Gasteiger partial charge in [-0.2, -0.15) is 21.6 Å². The summed E-state index contributed by atoms with van der Waals surface area (Å²) in [5.74, 6) is -1.10. The lowest BCUT2D eigenvalue weighted by atomic mass is 10.2. The average Bonchev–Trinajstić information content (AvgIpc) is 2.29. The van der Waals surface area contributed by atoms with E-state index in [-0.39, 0.29) is 0 Å². The van der Waals surface area contributed by atoms with Gasteiger partial charge in [-0.3, -0.25) is 14.9 Å². The van der Waals surface area contributed by atoms with E-state index in [9.17, 15) is 31.2 Å². The van der Waals surface area contributed by atoms with E-state index in [0.717, 1.165) is 0 Å². The molecular weight excluding hydrogens is 387 g/mol. The van der Waals surface area contributed by atoms with Crippen molar-refractivity contribution in [3.63, 3.8) is 0 Å². The molecule has 14 heteroatoms. The van der Waals surface area contributed by atoms with Crippen LogP contribution in [0.3, 0.4) is 0 Å². The summed E-state index contributed by atoms with van der Waals surface area (Å²) in [6.45, 7) is 8.89. The van der Waals surface area contributed by atoms with Gasteiger partial charge in [0.15, 0.2) is 0 Å². The van der Waals surface area contributed by atoms with Crippen molar-refractivity contribution in [1.29, 1.82) is 0 Å². The molecule has 0 aliphatic rings. The molecular formula is C12H20F3N3O7S. The van der Waals surface area contributed by atoms with E-state index in [1.54, 1.807) is 10.6 Å². The first-order chi connectivity index (χ1) is 11.3. The van der Waals surface area contributed by atoms with E-state index < -0.39 is 45.0 Å². The van der Waals surface area contributed by atoms with Crippen LogP contribution in [0.4, 0.5) is 22.8 Å². The van der Waals surface area contributed by atoms with Crippen molar-refractivity contribution in [2.75, 3.05) is 0 Å². The molecule has 2 amide bonds. The highest BCUT2D eigenvalue weighted by Crippen LogP contribution is 2.24. The Balaban J connectivity index is 5.37. The summed E-state index contributed by atoms with van der Waals surface area (Å²) in [4.78, 5) is 23.2. The van der Waals surface area contributed by atoms with Crippen LogP contribution in [-0.4, -0.2) is 43.3 Å². The fraction of sp³-hybridized carbons (Fsp3) is 0.750. The summed E-state index contributed by atoms with van der Waals surface area (Å²) >= 11 is 0. The third kappa shape index (κ3) is 9.90. The van der Waals surface area contributed by atoms with Gasteiger partial charge in [-0.05, 0) is 46.7 Å². The molecule has 0 bridgehead atoms. The second-order valence-corrected chi connectivity index (χ2v) is 8.19. The number of rotatable bonds is 2. The number of guanidine groups is 1. The Morgan fingerprint density at radius 3 is 1.46 bits per heavy atom. The van der Waals surface area contributed by atoms with Gasteiger partial charge < -0.3 is 9.47 Å². The normalized spacial score (nSPS) is 12.7. The van der Waals surface area contributed by atoms with E-state index in [1.807, 2.05) is 0 Å². The quantitative estimate of drug-likeness (QED) is 0.310. The number of alkyl carbamates (subject to hydrolysis) is 2. The Kier molecular flexibility index (Phi) is 7.28. The maximum Gasteiger partial charge on any atom is 0.536 e. The Bertz CT molecular complexity index is 629. The molecule has 152 valence electrons. The van der Waals surface area contributed by atoms with Crippen LogP contribution in [-0.2, 0) is 23.9 Å². The van der Waals surface area contributed by atoms with Crippen molar-refractivity contribution in [2.45, 2.75) is 58.3 Å². The lowest BCUT2D eigenvalue weighted by molar-refractivity contribution is -0.0541. The summed E-state index contributed by atoms with van der Waals surface area (Å²) in [7, 11) is -6.11. The predicted octanol–water partition coefficient (Wildman–Crippen LogP) is 2.17. The third-order valence-corrected chi connectivity index (χ3v) is 2.59. The minimum absolute atomic E-state index is 1.000. The third-order valence-electron chi connectivity index (χ3n) is 1.75. The van der Waals surface area contributed by atoms with Crippen LogP contribution in [0.5, 0.6) is 0 Å². The van der Waals surface area contributed by atoms with Gasteiger partial charge in [-0.25, -0.2) is 9.59 Å². The van der Waals surface area contributed by atoms with E-state index in [2.05, 4.69) is 9.44 Å². The van der Waals surface area contributed by atoms with Gasteiger partial charge in [0.25, 0.3) is 5.96 Å². The number of hydrogen-bond acceptors (Lipinski definition) is 8. The van der Waals surface area contributed by atoms with Crippen LogP contribution in [0.2, 0.25) is 0 Å². The Morgan fingerprint density at radius 2 is 1.19 bits per heavy atom. The molecule has 0 aliphatic carbocycles. The number of halogens is 3. The Morgan fingerprint density at radius 1 is 0.846 bits per heavy atom. The number of nitrogens with zero attached hydrogens (tertiary/aromatic N) is 1. The summed E-state index contributed by atoms with van der Waals surface area (Å²) in [6.07, 6.45) is -2.50. The van der Waals surface area contributed by atoms with Crippen LogP contribution in [0.1, 0.15) is 41.5 Å². The lowest BCUT2D eigenvalue weighted by Gasteiger charge is -2.21. The molecule has 0 aliphatic heterocycles. The molecule has 0 fully saturated rings. The molecule has 10 nitrogen and oxygen atoms in total. The standard InChI is InChI=1S/C12H20F3N3O7S/c1-10(2,3)23-8(19)16-7(17-9(20)24-11(4,5)6)18-25-26(21,22)12(13,14)15/h1-6H3,(H2,16,17,18,19,20). The van der Waals surface area contributed by atoms with Gasteiger partial charge in [0.2, 0.25) is 0 Å². The van der Waals surface area contributed by atoms with Crippen LogP contribution >= 0.6 is 0 Å².